The summed E-state index contributed by atoms with van der Waals surface area (Å²) in [5.41, 5.74) is 11.5. The third-order valence-corrected chi connectivity index (χ3v) is 5.32. The average molecular weight is 367 g/mol. The molecule has 0 aliphatic carbocycles. The summed E-state index contributed by atoms with van der Waals surface area (Å²) < 4.78 is 0. The number of rotatable bonds is 3. The lowest BCUT2D eigenvalue weighted by Crippen LogP contribution is -2.17. The normalized spacial score (nSPS) is 12.0. The maximum atomic E-state index is 12.4. The van der Waals surface area contributed by atoms with Gasteiger partial charge in [-0.2, -0.15) is 5.10 Å². The lowest BCUT2D eigenvalue weighted by atomic mass is 9.87. The van der Waals surface area contributed by atoms with E-state index >= 15 is 0 Å². The lowest BCUT2D eigenvalue weighted by molar-refractivity contribution is 0.0958. The van der Waals surface area contributed by atoms with E-state index in [0.717, 1.165) is 16.5 Å². The standard InChI is InChI=1S/C19H21N5OS/c1-11-14-16(20)21-10-22-18(14)26-15(11)17(25)24-23-9-12-5-7-13(8-6-12)19(2,3)4/h5-10H,1-4H3,(H,24,25)(H2,20,21,22)/b23-9-. The molecule has 0 spiro atoms. The number of hydrogen-bond acceptors (Lipinski definition) is 6. The van der Waals surface area contributed by atoms with E-state index in [1.54, 1.807) is 6.21 Å². The Balaban J connectivity index is 1.74. The minimum Gasteiger partial charge on any atom is -0.383 e. The number of nitrogens with one attached hydrogen (secondary N) is 1. The van der Waals surface area contributed by atoms with Crippen molar-refractivity contribution in [1.29, 1.82) is 0 Å². The highest BCUT2D eigenvalue weighted by Crippen LogP contribution is 2.31. The van der Waals surface area contributed by atoms with Crippen molar-refractivity contribution in [2.75, 3.05) is 5.73 Å². The molecule has 0 bridgehead atoms. The van der Waals surface area contributed by atoms with Gasteiger partial charge in [-0.3, -0.25) is 4.79 Å². The SMILES string of the molecule is Cc1c(C(=O)N/N=C\c2ccc(C(C)(C)C)cc2)sc2ncnc(N)c12. The first kappa shape index (κ1) is 18.0. The van der Waals surface area contributed by atoms with E-state index in [1.165, 1.54) is 23.2 Å². The first-order valence-electron chi connectivity index (χ1n) is 8.21. The number of benzene rings is 1. The second-order valence-electron chi connectivity index (χ2n) is 7.07. The zero-order valence-electron chi connectivity index (χ0n) is 15.2. The van der Waals surface area contributed by atoms with Crippen LogP contribution in [-0.4, -0.2) is 22.1 Å². The van der Waals surface area contributed by atoms with E-state index < -0.39 is 0 Å². The molecule has 0 radical (unpaired) electrons. The molecule has 2 heterocycles. The van der Waals surface area contributed by atoms with Gasteiger partial charge in [0, 0.05) is 0 Å². The smallest absolute Gasteiger partial charge is 0.281 e. The molecule has 0 unspecified atom stereocenters. The summed E-state index contributed by atoms with van der Waals surface area (Å²) in [6.07, 6.45) is 3.02. The van der Waals surface area contributed by atoms with Gasteiger partial charge in [0.1, 0.15) is 17.0 Å². The second-order valence-corrected chi connectivity index (χ2v) is 8.07. The van der Waals surface area contributed by atoms with Crippen LogP contribution < -0.4 is 11.2 Å². The van der Waals surface area contributed by atoms with Crippen LogP contribution in [-0.2, 0) is 5.41 Å². The van der Waals surface area contributed by atoms with Gasteiger partial charge in [0.2, 0.25) is 0 Å². The molecule has 26 heavy (non-hydrogen) atoms. The molecule has 1 amide bonds. The van der Waals surface area contributed by atoms with Gasteiger partial charge in [-0.25, -0.2) is 15.4 Å². The number of aromatic nitrogens is 2. The van der Waals surface area contributed by atoms with Gasteiger partial charge in [0.05, 0.1) is 16.5 Å². The minimum atomic E-state index is -0.285. The molecule has 3 rings (SSSR count). The van der Waals surface area contributed by atoms with Gasteiger partial charge in [-0.1, -0.05) is 45.0 Å². The molecule has 7 heteroatoms. The number of nitrogens with two attached hydrogens (primary N) is 1. The van der Waals surface area contributed by atoms with Crippen LogP contribution in [0.3, 0.4) is 0 Å². The van der Waals surface area contributed by atoms with Crippen molar-refractivity contribution in [3.63, 3.8) is 0 Å². The predicted molar refractivity (Wildman–Crippen MR) is 107 cm³/mol. The quantitative estimate of drug-likeness (QED) is 0.546. The van der Waals surface area contributed by atoms with Crippen molar-refractivity contribution in [3.05, 3.63) is 52.2 Å². The Morgan fingerprint density at radius 1 is 1.23 bits per heavy atom. The number of fused-ring (bicyclic) bond motifs is 1. The van der Waals surface area contributed by atoms with E-state index in [9.17, 15) is 4.79 Å². The van der Waals surface area contributed by atoms with Gasteiger partial charge in [0.15, 0.2) is 0 Å². The highest BCUT2D eigenvalue weighted by atomic mass is 32.1. The molecule has 3 N–H and O–H groups in total. The number of carbonyl (C=O) groups excluding carboxylic acids is 1. The summed E-state index contributed by atoms with van der Waals surface area (Å²) in [6, 6.07) is 8.11. The number of nitrogens with zero attached hydrogens (tertiary/aromatic N) is 3. The Hall–Kier alpha value is -2.80. The Bertz CT molecular complexity index is 984. The fourth-order valence-electron chi connectivity index (χ4n) is 2.60. The molecule has 3 aromatic rings. The molecule has 134 valence electrons. The number of aryl methyl sites for hydroxylation is 1. The maximum absolute atomic E-state index is 12.4. The van der Waals surface area contributed by atoms with Crippen molar-refractivity contribution in [2.24, 2.45) is 5.10 Å². The van der Waals surface area contributed by atoms with E-state index in [-0.39, 0.29) is 11.3 Å². The molecule has 0 atom stereocenters. The maximum Gasteiger partial charge on any atom is 0.281 e. The summed E-state index contributed by atoms with van der Waals surface area (Å²) in [7, 11) is 0. The summed E-state index contributed by atoms with van der Waals surface area (Å²) in [4.78, 5) is 21.8. The van der Waals surface area contributed by atoms with Crippen LogP contribution in [0.1, 0.15) is 47.1 Å². The molecule has 0 saturated carbocycles. The molecule has 2 aromatic heterocycles. The first-order valence-corrected chi connectivity index (χ1v) is 9.02. The predicted octanol–water partition coefficient (Wildman–Crippen LogP) is 3.64. The Morgan fingerprint density at radius 3 is 2.54 bits per heavy atom. The van der Waals surface area contributed by atoms with E-state index in [1.807, 2.05) is 19.1 Å². The van der Waals surface area contributed by atoms with E-state index in [2.05, 4.69) is 53.4 Å². The van der Waals surface area contributed by atoms with E-state index in [4.69, 9.17) is 5.73 Å². The summed E-state index contributed by atoms with van der Waals surface area (Å²) in [5, 5.41) is 4.78. The Morgan fingerprint density at radius 2 is 1.92 bits per heavy atom. The zero-order chi connectivity index (χ0) is 18.9. The Kier molecular flexibility index (Phi) is 4.73. The molecule has 0 aliphatic rings. The van der Waals surface area contributed by atoms with Crippen molar-refractivity contribution in [1.82, 2.24) is 15.4 Å². The fourth-order valence-corrected chi connectivity index (χ4v) is 3.65. The summed E-state index contributed by atoms with van der Waals surface area (Å²) in [5.74, 6) is 0.0951. The molecule has 0 saturated heterocycles. The third-order valence-electron chi connectivity index (χ3n) is 4.12. The van der Waals surface area contributed by atoms with Gasteiger partial charge in [0.25, 0.3) is 5.91 Å². The molecule has 0 aliphatic heterocycles. The van der Waals surface area contributed by atoms with Crippen LogP contribution >= 0.6 is 11.3 Å². The van der Waals surface area contributed by atoms with Crippen LogP contribution in [0, 0.1) is 6.92 Å². The molecule has 0 fully saturated rings. The zero-order valence-corrected chi connectivity index (χ0v) is 16.0. The average Bonchev–Trinajstić information content (AvgIpc) is 2.93. The van der Waals surface area contributed by atoms with Gasteiger partial charge >= 0.3 is 0 Å². The van der Waals surface area contributed by atoms with Gasteiger partial charge in [-0.05, 0) is 29.0 Å². The van der Waals surface area contributed by atoms with Crippen LogP contribution in [0.2, 0.25) is 0 Å². The van der Waals surface area contributed by atoms with Gasteiger partial charge in [-0.15, -0.1) is 11.3 Å². The fraction of sp³-hybridized carbons (Fsp3) is 0.263. The number of thiophene rings is 1. The van der Waals surface area contributed by atoms with Crippen LogP contribution in [0.5, 0.6) is 0 Å². The molecular weight excluding hydrogens is 346 g/mol. The topological polar surface area (TPSA) is 93.3 Å². The number of carbonyl (C=O) groups is 1. The molecule has 1 aromatic carbocycles. The van der Waals surface area contributed by atoms with Crippen molar-refractivity contribution >= 4 is 39.5 Å². The molecule has 6 nitrogen and oxygen atoms in total. The van der Waals surface area contributed by atoms with Crippen LogP contribution in [0.25, 0.3) is 10.2 Å². The van der Waals surface area contributed by atoms with Crippen molar-refractivity contribution < 1.29 is 4.79 Å². The largest absolute Gasteiger partial charge is 0.383 e. The van der Waals surface area contributed by atoms with Crippen LogP contribution in [0.15, 0.2) is 35.7 Å². The second kappa shape index (κ2) is 6.84. The summed E-state index contributed by atoms with van der Waals surface area (Å²) >= 11 is 1.28. The molecular formula is C19H21N5OS. The lowest BCUT2D eigenvalue weighted by Gasteiger charge is -2.18. The number of nitrogen functional groups attached to an aromatic ring is 1. The number of anilines is 1. The van der Waals surface area contributed by atoms with Crippen LogP contribution in [0.4, 0.5) is 5.82 Å². The number of hydrogen-bond donors (Lipinski definition) is 2. The minimum absolute atomic E-state index is 0.104. The third kappa shape index (κ3) is 3.57. The van der Waals surface area contributed by atoms with E-state index in [0.29, 0.717) is 15.5 Å². The van der Waals surface area contributed by atoms with Gasteiger partial charge < -0.3 is 5.73 Å². The highest BCUT2D eigenvalue weighted by Gasteiger charge is 2.18. The van der Waals surface area contributed by atoms with Crippen molar-refractivity contribution in [3.8, 4) is 0 Å². The first-order chi connectivity index (χ1) is 12.3. The number of amides is 1. The highest BCUT2D eigenvalue weighted by molar-refractivity contribution is 7.20. The number of hydrazone groups is 1. The summed E-state index contributed by atoms with van der Waals surface area (Å²) in [6.45, 7) is 8.34. The van der Waals surface area contributed by atoms with Crippen molar-refractivity contribution in [2.45, 2.75) is 33.1 Å². The monoisotopic (exact) mass is 367 g/mol. The Labute approximate surface area is 156 Å².